The first-order valence-corrected chi connectivity index (χ1v) is 7.29. The maximum atomic E-state index is 13.8. The van der Waals surface area contributed by atoms with E-state index in [4.69, 9.17) is 16.3 Å². The quantitative estimate of drug-likeness (QED) is 0.770. The molecular weight excluding hydrogens is 347 g/mol. The van der Waals surface area contributed by atoms with Crippen LogP contribution in [0.25, 0.3) is 0 Å². The zero-order valence-corrected chi connectivity index (χ0v) is 13.6. The number of methoxy groups -OCH3 is 1. The molecule has 128 valence electrons. The molecule has 0 fully saturated rings. The number of aryl methyl sites for hydroxylation is 1. The summed E-state index contributed by atoms with van der Waals surface area (Å²) < 4.78 is 46.3. The van der Waals surface area contributed by atoms with Gasteiger partial charge in [-0.25, -0.2) is 13.8 Å². The number of hydrogen-bond donors (Lipinski definition) is 0. The van der Waals surface area contributed by atoms with Crippen molar-refractivity contribution in [3.63, 3.8) is 0 Å². The number of amides is 1. The minimum Gasteiger partial charge on any atom is -0.479 e. The normalized spacial score (nSPS) is 10.6. The highest BCUT2D eigenvalue weighted by atomic mass is 35.5. The van der Waals surface area contributed by atoms with Gasteiger partial charge < -0.3 is 4.74 Å². The Kier molecular flexibility index (Phi) is 5.61. The third-order valence-electron chi connectivity index (χ3n) is 3.20. The van der Waals surface area contributed by atoms with Crippen molar-refractivity contribution in [3.8, 4) is 5.88 Å². The highest BCUT2D eigenvalue weighted by molar-refractivity contribution is 6.29. The van der Waals surface area contributed by atoms with Crippen LogP contribution in [0.2, 0.25) is 0 Å². The predicted molar refractivity (Wildman–Crippen MR) is 81.5 cm³/mol. The molecule has 0 unspecified atom stereocenters. The minimum absolute atomic E-state index is 0.0850. The summed E-state index contributed by atoms with van der Waals surface area (Å²) in [4.78, 5) is 20.5. The highest BCUT2D eigenvalue weighted by Gasteiger charge is 2.24. The van der Waals surface area contributed by atoms with Gasteiger partial charge in [-0.3, -0.25) is 9.69 Å². The summed E-state index contributed by atoms with van der Waals surface area (Å²) in [5.74, 6) is -4.30. The lowest BCUT2D eigenvalue weighted by Crippen LogP contribution is -2.34. The number of nitrogens with zero attached hydrogens (tertiary/aromatic N) is 3. The van der Waals surface area contributed by atoms with Crippen molar-refractivity contribution in [1.29, 1.82) is 0 Å². The van der Waals surface area contributed by atoms with E-state index in [9.17, 15) is 18.0 Å². The van der Waals surface area contributed by atoms with Crippen LogP contribution in [0.4, 0.5) is 19.1 Å². The Labute approximate surface area is 141 Å². The molecule has 2 aromatic rings. The number of carbonyl (C=O) groups is 1. The molecule has 1 amide bonds. The van der Waals surface area contributed by atoms with Crippen LogP contribution in [0.1, 0.15) is 11.3 Å². The topological polar surface area (TPSA) is 55.3 Å². The van der Waals surface area contributed by atoms with Crippen molar-refractivity contribution in [2.45, 2.75) is 13.5 Å². The van der Waals surface area contributed by atoms with Gasteiger partial charge in [0, 0.05) is 5.56 Å². The summed E-state index contributed by atoms with van der Waals surface area (Å²) in [7, 11) is 1.19. The molecule has 0 saturated heterocycles. The van der Waals surface area contributed by atoms with Crippen LogP contribution in [0.5, 0.6) is 5.88 Å². The second kappa shape index (κ2) is 7.48. The molecule has 1 aromatic heterocycles. The Morgan fingerprint density at radius 3 is 2.42 bits per heavy atom. The number of alkyl halides is 1. The maximum absolute atomic E-state index is 13.8. The Hall–Kier alpha value is -2.35. The number of anilines is 1. The van der Waals surface area contributed by atoms with Gasteiger partial charge >= 0.3 is 0 Å². The van der Waals surface area contributed by atoms with E-state index in [2.05, 4.69) is 9.97 Å². The molecule has 0 radical (unpaired) electrons. The highest BCUT2D eigenvalue weighted by Crippen LogP contribution is 2.23. The Morgan fingerprint density at radius 2 is 1.88 bits per heavy atom. The molecule has 0 bridgehead atoms. The van der Waals surface area contributed by atoms with Crippen molar-refractivity contribution in [1.82, 2.24) is 9.97 Å². The van der Waals surface area contributed by atoms with Gasteiger partial charge in [0.25, 0.3) is 5.88 Å². The molecule has 5 nitrogen and oxygen atoms in total. The van der Waals surface area contributed by atoms with Crippen LogP contribution in [0.15, 0.2) is 18.2 Å². The van der Waals surface area contributed by atoms with E-state index in [1.54, 1.807) is 0 Å². The monoisotopic (exact) mass is 359 g/mol. The van der Waals surface area contributed by atoms with Crippen molar-refractivity contribution in [2.75, 3.05) is 17.9 Å². The molecule has 1 heterocycles. The second-order valence-electron chi connectivity index (χ2n) is 4.75. The summed E-state index contributed by atoms with van der Waals surface area (Å²) in [5, 5.41) is 0. The van der Waals surface area contributed by atoms with Gasteiger partial charge in [0.2, 0.25) is 17.7 Å². The predicted octanol–water partition coefficient (Wildman–Crippen LogP) is 2.98. The average molecular weight is 360 g/mol. The molecule has 1 aromatic carbocycles. The molecular formula is C15H13ClF3N3O2. The number of ether oxygens (including phenoxy) is 1. The lowest BCUT2D eigenvalue weighted by atomic mass is 10.2. The Bertz CT molecular complexity index is 754. The van der Waals surface area contributed by atoms with Gasteiger partial charge in [-0.2, -0.15) is 9.37 Å². The van der Waals surface area contributed by atoms with Gasteiger partial charge in [0.15, 0.2) is 0 Å². The lowest BCUT2D eigenvalue weighted by molar-refractivity contribution is -0.116. The molecule has 2 rings (SSSR count). The molecule has 0 spiro atoms. The fourth-order valence-electron chi connectivity index (χ4n) is 1.96. The molecule has 0 aliphatic heterocycles. The van der Waals surface area contributed by atoms with Crippen molar-refractivity contribution >= 4 is 23.5 Å². The van der Waals surface area contributed by atoms with Gasteiger partial charge in [-0.15, -0.1) is 11.6 Å². The molecule has 0 atom stereocenters. The SMILES string of the molecule is COc1nc(N(Cc2c(F)cccc2F)C(=O)CCl)nc(C)c1F. The van der Waals surface area contributed by atoms with Gasteiger partial charge in [-0.1, -0.05) is 6.07 Å². The maximum Gasteiger partial charge on any atom is 0.255 e. The molecule has 0 aliphatic rings. The van der Waals surface area contributed by atoms with Crippen molar-refractivity contribution < 1.29 is 22.7 Å². The van der Waals surface area contributed by atoms with E-state index in [1.807, 2.05) is 0 Å². The Morgan fingerprint density at radius 1 is 1.25 bits per heavy atom. The largest absolute Gasteiger partial charge is 0.479 e. The molecule has 0 N–H and O–H groups in total. The van der Waals surface area contributed by atoms with Crippen molar-refractivity contribution in [3.05, 3.63) is 46.9 Å². The smallest absolute Gasteiger partial charge is 0.255 e. The van der Waals surface area contributed by atoms with E-state index in [0.717, 1.165) is 17.0 Å². The fraction of sp³-hybridized carbons (Fsp3) is 0.267. The number of aromatic nitrogens is 2. The Balaban J connectivity index is 2.51. The standard InChI is InChI=1S/C15H13ClF3N3O2/c1-8-13(19)14(24-2)21-15(20-8)22(12(23)6-16)7-9-10(17)4-3-5-11(9)18/h3-5H,6-7H2,1-2H3. The molecule has 24 heavy (non-hydrogen) atoms. The number of benzene rings is 1. The van der Waals surface area contributed by atoms with E-state index in [1.165, 1.54) is 20.1 Å². The number of carbonyl (C=O) groups excluding carboxylic acids is 1. The summed E-state index contributed by atoms with van der Waals surface area (Å²) in [6, 6.07) is 3.31. The summed E-state index contributed by atoms with van der Waals surface area (Å²) in [6.07, 6.45) is 0. The molecule has 9 heteroatoms. The van der Waals surface area contributed by atoms with Gasteiger partial charge in [0.1, 0.15) is 17.5 Å². The summed E-state index contributed by atoms with van der Waals surface area (Å²) in [5.41, 5.74) is -0.446. The lowest BCUT2D eigenvalue weighted by Gasteiger charge is -2.21. The summed E-state index contributed by atoms with van der Waals surface area (Å²) in [6.45, 7) is 0.842. The molecule has 0 aliphatic carbocycles. The first-order chi connectivity index (χ1) is 11.4. The van der Waals surface area contributed by atoms with Crippen LogP contribution in [0.3, 0.4) is 0 Å². The molecule has 0 saturated carbocycles. The van der Waals surface area contributed by atoms with Gasteiger partial charge in [0.05, 0.1) is 19.3 Å². The zero-order chi connectivity index (χ0) is 17.9. The first kappa shape index (κ1) is 18.0. The van der Waals surface area contributed by atoms with E-state index in [0.29, 0.717) is 0 Å². The van der Waals surface area contributed by atoms with E-state index >= 15 is 0 Å². The van der Waals surface area contributed by atoms with Gasteiger partial charge in [-0.05, 0) is 19.1 Å². The van der Waals surface area contributed by atoms with Crippen molar-refractivity contribution in [2.24, 2.45) is 0 Å². The average Bonchev–Trinajstić information content (AvgIpc) is 2.56. The van der Waals surface area contributed by atoms with E-state index < -0.39 is 35.8 Å². The van der Waals surface area contributed by atoms with Crippen LogP contribution in [-0.2, 0) is 11.3 Å². The second-order valence-corrected chi connectivity index (χ2v) is 5.01. The number of hydrogen-bond acceptors (Lipinski definition) is 4. The fourth-order valence-corrected chi connectivity index (χ4v) is 2.10. The number of halogens is 4. The van der Waals surface area contributed by atoms with Crippen LogP contribution < -0.4 is 9.64 Å². The van der Waals surface area contributed by atoms with E-state index in [-0.39, 0.29) is 23.1 Å². The summed E-state index contributed by atoms with van der Waals surface area (Å²) >= 11 is 5.55. The van der Waals surface area contributed by atoms with Crippen LogP contribution >= 0.6 is 11.6 Å². The zero-order valence-electron chi connectivity index (χ0n) is 12.8. The minimum atomic E-state index is -0.840. The number of rotatable bonds is 5. The van der Waals surface area contributed by atoms with Crippen LogP contribution in [-0.4, -0.2) is 28.9 Å². The first-order valence-electron chi connectivity index (χ1n) is 6.76. The van der Waals surface area contributed by atoms with Crippen LogP contribution in [0, 0.1) is 24.4 Å². The third-order valence-corrected chi connectivity index (χ3v) is 3.43. The third kappa shape index (κ3) is 3.59.